The van der Waals surface area contributed by atoms with Gasteiger partial charge in [-0.1, -0.05) is 0 Å². The highest BCUT2D eigenvalue weighted by Gasteiger charge is 2.30. The summed E-state index contributed by atoms with van der Waals surface area (Å²) in [4.78, 5) is 9.50. The Hall–Kier alpha value is -1.61. The van der Waals surface area contributed by atoms with Crippen molar-refractivity contribution in [3.63, 3.8) is 0 Å². The van der Waals surface area contributed by atoms with Crippen LogP contribution >= 0.6 is 0 Å². The molecule has 106 valence electrons. The fourth-order valence-electron chi connectivity index (χ4n) is 1.37. The fraction of sp³-hybridized carbons (Fsp3) is 0.300. The Kier molecular flexibility index (Phi) is 4.21. The Labute approximate surface area is 106 Å². The summed E-state index contributed by atoms with van der Waals surface area (Å²) in [6.45, 7) is 0. The summed E-state index contributed by atoms with van der Waals surface area (Å²) in [5.74, 6) is -6.79. The van der Waals surface area contributed by atoms with Gasteiger partial charge in [-0.15, -0.1) is 0 Å². The first kappa shape index (κ1) is 15.4. The molecule has 1 atom stereocenters. The number of carbonyl (C=O) groups excluding carboxylic acids is 1. The van der Waals surface area contributed by atoms with E-state index in [9.17, 15) is 31.5 Å². The molecule has 0 radical (unpaired) electrons. The normalized spacial score (nSPS) is 13.2. The molecule has 0 heterocycles. The number of benzene rings is 1. The summed E-state index contributed by atoms with van der Waals surface area (Å²) in [6.07, 6.45) is -1.77. The minimum atomic E-state index is -4.34. The van der Waals surface area contributed by atoms with Crippen molar-refractivity contribution in [2.24, 2.45) is 0 Å². The second kappa shape index (κ2) is 5.17. The average molecular weight is 298 g/mol. The minimum Gasteiger partial charge on any atom is -0.467 e. The highest BCUT2D eigenvalue weighted by Crippen LogP contribution is 2.28. The number of sulfone groups is 1. The molecule has 1 aromatic carbocycles. The Balaban J connectivity index is 3.55. The molecule has 0 saturated heterocycles. The zero-order chi connectivity index (χ0) is 15.0. The van der Waals surface area contributed by atoms with Crippen molar-refractivity contribution in [3.05, 3.63) is 29.1 Å². The van der Waals surface area contributed by atoms with Gasteiger partial charge >= 0.3 is 5.97 Å². The molecule has 9 heteroatoms. The highest BCUT2D eigenvalue weighted by molar-refractivity contribution is 7.90. The SMILES string of the molecule is COC(=O)C(O)c1cc(F)c(S(C)(=O)=O)c(F)c1F. The molecule has 0 amide bonds. The second-order valence-corrected chi connectivity index (χ2v) is 5.56. The molecule has 1 rings (SSSR count). The van der Waals surface area contributed by atoms with E-state index in [1.54, 1.807) is 0 Å². The first-order valence-electron chi connectivity index (χ1n) is 4.74. The summed E-state index contributed by atoms with van der Waals surface area (Å²) in [5, 5.41) is 9.32. The Morgan fingerprint density at radius 3 is 2.26 bits per heavy atom. The van der Waals surface area contributed by atoms with Crippen LogP contribution in [0, 0.1) is 17.5 Å². The van der Waals surface area contributed by atoms with Crippen LogP contribution in [0.1, 0.15) is 11.7 Å². The Morgan fingerprint density at radius 2 is 1.84 bits per heavy atom. The van der Waals surface area contributed by atoms with E-state index < -0.39 is 49.8 Å². The maximum absolute atomic E-state index is 13.5. The molecule has 0 bridgehead atoms. The standard InChI is InChI=1S/C10H9F3O5S/c1-18-10(15)8(14)4-3-5(11)9(19(2,16)17)7(13)6(4)12/h3,8,14H,1-2H3. The maximum atomic E-state index is 13.5. The van der Waals surface area contributed by atoms with Gasteiger partial charge in [-0.2, -0.15) is 0 Å². The highest BCUT2D eigenvalue weighted by atomic mass is 32.2. The van der Waals surface area contributed by atoms with Crippen molar-refractivity contribution in [1.82, 2.24) is 0 Å². The van der Waals surface area contributed by atoms with Crippen LogP contribution in [0.15, 0.2) is 11.0 Å². The number of methoxy groups -OCH3 is 1. The summed E-state index contributed by atoms with van der Waals surface area (Å²) in [7, 11) is -3.47. The van der Waals surface area contributed by atoms with Gasteiger partial charge in [-0.05, 0) is 6.07 Å². The summed E-state index contributed by atoms with van der Waals surface area (Å²) < 4.78 is 66.8. The number of ether oxygens (including phenoxy) is 1. The number of hydrogen-bond donors (Lipinski definition) is 1. The lowest BCUT2D eigenvalue weighted by atomic mass is 10.1. The first-order chi connectivity index (χ1) is 8.61. The van der Waals surface area contributed by atoms with E-state index in [0.29, 0.717) is 6.26 Å². The molecule has 0 aromatic heterocycles. The molecule has 1 N–H and O–H groups in total. The molecule has 19 heavy (non-hydrogen) atoms. The third kappa shape index (κ3) is 2.87. The lowest BCUT2D eigenvalue weighted by molar-refractivity contribution is -0.150. The fourth-order valence-corrected chi connectivity index (χ4v) is 2.20. The van der Waals surface area contributed by atoms with Crippen LogP contribution in [0.4, 0.5) is 13.2 Å². The van der Waals surface area contributed by atoms with Crippen LogP contribution in [0.25, 0.3) is 0 Å². The molecule has 0 aliphatic rings. The maximum Gasteiger partial charge on any atom is 0.339 e. The predicted octanol–water partition coefficient (Wildman–Crippen LogP) is 0.714. The summed E-state index contributed by atoms with van der Waals surface area (Å²) in [6, 6.07) is 0.233. The van der Waals surface area contributed by atoms with Gasteiger partial charge in [0, 0.05) is 11.8 Å². The van der Waals surface area contributed by atoms with E-state index in [0.717, 1.165) is 7.11 Å². The largest absolute Gasteiger partial charge is 0.467 e. The molecule has 0 spiro atoms. The van der Waals surface area contributed by atoms with Crippen LogP contribution < -0.4 is 0 Å². The topological polar surface area (TPSA) is 80.7 Å². The summed E-state index contributed by atoms with van der Waals surface area (Å²) >= 11 is 0. The summed E-state index contributed by atoms with van der Waals surface area (Å²) in [5.41, 5.74) is -1.05. The quantitative estimate of drug-likeness (QED) is 0.657. The van der Waals surface area contributed by atoms with Crippen molar-refractivity contribution in [2.45, 2.75) is 11.0 Å². The van der Waals surface area contributed by atoms with Gasteiger partial charge in [0.05, 0.1) is 7.11 Å². The van der Waals surface area contributed by atoms with Crippen molar-refractivity contribution in [2.75, 3.05) is 13.4 Å². The number of carbonyl (C=O) groups is 1. The third-order valence-electron chi connectivity index (χ3n) is 2.23. The number of hydrogen-bond acceptors (Lipinski definition) is 5. The Morgan fingerprint density at radius 1 is 1.32 bits per heavy atom. The van der Waals surface area contributed by atoms with Gasteiger partial charge in [0.1, 0.15) is 10.7 Å². The number of esters is 1. The zero-order valence-electron chi connectivity index (χ0n) is 9.78. The predicted molar refractivity (Wildman–Crippen MR) is 56.4 cm³/mol. The van der Waals surface area contributed by atoms with Crippen LogP contribution in [0.5, 0.6) is 0 Å². The van der Waals surface area contributed by atoms with Gasteiger partial charge in [0.2, 0.25) is 0 Å². The van der Waals surface area contributed by atoms with E-state index in [1.165, 1.54) is 0 Å². The average Bonchev–Trinajstić information content (AvgIpc) is 2.30. The van der Waals surface area contributed by atoms with Crippen LogP contribution in [-0.4, -0.2) is 32.9 Å². The van der Waals surface area contributed by atoms with Crippen molar-refractivity contribution in [1.29, 1.82) is 0 Å². The van der Waals surface area contributed by atoms with Crippen LogP contribution in [-0.2, 0) is 19.4 Å². The number of rotatable bonds is 3. The van der Waals surface area contributed by atoms with E-state index in [-0.39, 0.29) is 6.07 Å². The van der Waals surface area contributed by atoms with E-state index in [2.05, 4.69) is 4.74 Å². The Bertz CT molecular complexity index is 627. The zero-order valence-corrected chi connectivity index (χ0v) is 10.6. The van der Waals surface area contributed by atoms with Gasteiger partial charge in [0.25, 0.3) is 0 Å². The van der Waals surface area contributed by atoms with Gasteiger partial charge < -0.3 is 9.84 Å². The third-order valence-corrected chi connectivity index (χ3v) is 3.35. The molecule has 1 aromatic rings. The number of aliphatic hydroxyl groups is 1. The smallest absolute Gasteiger partial charge is 0.339 e. The van der Waals surface area contributed by atoms with Crippen LogP contribution in [0.3, 0.4) is 0 Å². The lowest BCUT2D eigenvalue weighted by Crippen LogP contribution is -2.18. The number of halogens is 3. The monoisotopic (exact) mass is 298 g/mol. The number of aliphatic hydroxyl groups excluding tert-OH is 1. The molecular weight excluding hydrogens is 289 g/mol. The van der Waals surface area contributed by atoms with Gasteiger partial charge in [0.15, 0.2) is 27.6 Å². The lowest BCUT2D eigenvalue weighted by Gasteiger charge is -2.12. The first-order valence-corrected chi connectivity index (χ1v) is 6.63. The molecule has 1 unspecified atom stereocenters. The van der Waals surface area contributed by atoms with Gasteiger partial charge in [-0.3, -0.25) is 0 Å². The van der Waals surface area contributed by atoms with E-state index >= 15 is 0 Å². The molecule has 0 aliphatic heterocycles. The van der Waals surface area contributed by atoms with Crippen molar-refractivity contribution < 1.29 is 36.2 Å². The van der Waals surface area contributed by atoms with Crippen LogP contribution in [0.2, 0.25) is 0 Å². The van der Waals surface area contributed by atoms with Gasteiger partial charge in [-0.25, -0.2) is 26.4 Å². The molecule has 5 nitrogen and oxygen atoms in total. The van der Waals surface area contributed by atoms with Crippen molar-refractivity contribution >= 4 is 15.8 Å². The van der Waals surface area contributed by atoms with Crippen molar-refractivity contribution in [3.8, 4) is 0 Å². The minimum absolute atomic E-state index is 0.233. The molecular formula is C10H9F3O5S. The second-order valence-electron chi connectivity index (χ2n) is 3.60. The van der Waals surface area contributed by atoms with E-state index in [4.69, 9.17) is 0 Å². The van der Waals surface area contributed by atoms with E-state index in [1.807, 2.05) is 0 Å². The molecule has 0 saturated carbocycles. The molecule has 0 aliphatic carbocycles. The molecule has 0 fully saturated rings.